The van der Waals surface area contributed by atoms with E-state index in [-0.39, 0.29) is 5.69 Å². The summed E-state index contributed by atoms with van der Waals surface area (Å²) < 4.78 is 5.21. The van der Waals surface area contributed by atoms with Crippen molar-refractivity contribution in [1.29, 1.82) is 0 Å². The fourth-order valence-corrected chi connectivity index (χ4v) is 2.13. The molecular formula is C16H18N2O3. The zero-order valence-electron chi connectivity index (χ0n) is 12.3. The number of aryl methyl sites for hydroxylation is 1. The van der Waals surface area contributed by atoms with Crippen molar-refractivity contribution in [2.45, 2.75) is 20.4 Å². The number of methoxy groups -OCH3 is 1. The standard InChI is InChI=1S/C16H18N2O3/c1-11-5-4-6-13(12(11)2)10-17-15-8-7-14(18(19)20)9-16(15)21-3/h4-9,17H,10H2,1-3H3. The van der Waals surface area contributed by atoms with Crippen molar-refractivity contribution in [2.24, 2.45) is 0 Å². The summed E-state index contributed by atoms with van der Waals surface area (Å²) in [5.41, 5.74) is 4.43. The second-order valence-corrected chi connectivity index (χ2v) is 4.85. The predicted octanol–water partition coefficient (Wildman–Crippen LogP) is 3.83. The maximum Gasteiger partial charge on any atom is 0.273 e. The highest BCUT2D eigenvalue weighted by atomic mass is 16.6. The van der Waals surface area contributed by atoms with Crippen LogP contribution in [0.2, 0.25) is 0 Å². The van der Waals surface area contributed by atoms with E-state index in [0.29, 0.717) is 12.3 Å². The Kier molecular flexibility index (Phi) is 4.42. The molecule has 0 bridgehead atoms. The second-order valence-electron chi connectivity index (χ2n) is 4.85. The summed E-state index contributed by atoms with van der Waals surface area (Å²) in [6.07, 6.45) is 0. The fraction of sp³-hybridized carbons (Fsp3) is 0.250. The minimum Gasteiger partial charge on any atom is -0.494 e. The van der Waals surface area contributed by atoms with Gasteiger partial charge in [-0.3, -0.25) is 10.1 Å². The Hall–Kier alpha value is -2.56. The number of nitro benzene ring substituents is 1. The smallest absolute Gasteiger partial charge is 0.273 e. The lowest BCUT2D eigenvalue weighted by Gasteiger charge is -2.13. The molecule has 0 saturated carbocycles. The number of rotatable bonds is 5. The Morgan fingerprint density at radius 2 is 2.00 bits per heavy atom. The average Bonchev–Trinajstić information content (AvgIpc) is 2.48. The normalized spacial score (nSPS) is 10.2. The molecule has 0 aliphatic rings. The summed E-state index contributed by atoms with van der Waals surface area (Å²) in [7, 11) is 1.50. The first kappa shape index (κ1) is 14.8. The Bertz CT molecular complexity index is 669. The molecule has 0 fully saturated rings. The third-order valence-corrected chi connectivity index (χ3v) is 3.58. The molecule has 2 aromatic carbocycles. The van der Waals surface area contributed by atoms with Crippen molar-refractivity contribution in [3.8, 4) is 5.75 Å². The lowest BCUT2D eigenvalue weighted by atomic mass is 10.0. The van der Waals surface area contributed by atoms with Gasteiger partial charge in [0.2, 0.25) is 0 Å². The van der Waals surface area contributed by atoms with Crippen LogP contribution in [-0.2, 0) is 6.54 Å². The molecule has 0 unspecified atom stereocenters. The molecule has 1 N–H and O–H groups in total. The molecule has 0 spiro atoms. The van der Waals surface area contributed by atoms with E-state index in [1.165, 1.54) is 35.9 Å². The summed E-state index contributed by atoms with van der Waals surface area (Å²) in [6.45, 7) is 4.80. The molecule has 0 heterocycles. The molecule has 0 aliphatic carbocycles. The van der Waals surface area contributed by atoms with E-state index >= 15 is 0 Å². The van der Waals surface area contributed by atoms with Crippen molar-refractivity contribution >= 4 is 11.4 Å². The topological polar surface area (TPSA) is 64.4 Å². The van der Waals surface area contributed by atoms with Crippen LogP contribution in [0.5, 0.6) is 5.75 Å². The van der Waals surface area contributed by atoms with E-state index in [0.717, 1.165) is 5.69 Å². The van der Waals surface area contributed by atoms with E-state index in [4.69, 9.17) is 4.74 Å². The molecule has 0 amide bonds. The maximum atomic E-state index is 10.8. The van der Waals surface area contributed by atoms with Crippen molar-refractivity contribution in [2.75, 3.05) is 12.4 Å². The van der Waals surface area contributed by atoms with Crippen molar-refractivity contribution in [3.63, 3.8) is 0 Å². The van der Waals surface area contributed by atoms with Gasteiger partial charge in [0.25, 0.3) is 5.69 Å². The van der Waals surface area contributed by atoms with Gasteiger partial charge in [0.05, 0.1) is 23.8 Å². The highest BCUT2D eigenvalue weighted by molar-refractivity contribution is 5.61. The van der Waals surface area contributed by atoms with Crippen LogP contribution in [-0.4, -0.2) is 12.0 Å². The van der Waals surface area contributed by atoms with Gasteiger partial charge in [-0.15, -0.1) is 0 Å². The molecule has 2 aromatic rings. The summed E-state index contributed by atoms with van der Waals surface area (Å²) >= 11 is 0. The lowest BCUT2D eigenvalue weighted by Crippen LogP contribution is -2.04. The van der Waals surface area contributed by atoms with E-state index < -0.39 is 4.92 Å². The van der Waals surface area contributed by atoms with E-state index in [1.54, 1.807) is 6.07 Å². The third-order valence-electron chi connectivity index (χ3n) is 3.58. The van der Waals surface area contributed by atoms with Crippen LogP contribution in [0.25, 0.3) is 0 Å². The quantitative estimate of drug-likeness (QED) is 0.670. The number of hydrogen-bond acceptors (Lipinski definition) is 4. The third kappa shape index (κ3) is 3.31. The molecule has 5 heteroatoms. The molecule has 110 valence electrons. The van der Waals surface area contributed by atoms with Gasteiger partial charge in [-0.25, -0.2) is 0 Å². The van der Waals surface area contributed by atoms with Crippen molar-refractivity contribution < 1.29 is 9.66 Å². The molecule has 0 saturated heterocycles. The predicted molar refractivity (Wildman–Crippen MR) is 82.9 cm³/mol. The number of nitro groups is 1. The van der Waals surface area contributed by atoms with E-state index in [2.05, 4.69) is 31.3 Å². The van der Waals surface area contributed by atoms with E-state index in [9.17, 15) is 10.1 Å². The number of hydrogen-bond donors (Lipinski definition) is 1. The Labute approximate surface area is 123 Å². The van der Waals surface area contributed by atoms with Crippen LogP contribution in [0.1, 0.15) is 16.7 Å². The number of benzene rings is 2. The second kappa shape index (κ2) is 6.26. The average molecular weight is 286 g/mol. The summed E-state index contributed by atoms with van der Waals surface area (Å²) in [5, 5.41) is 14.0. The fourth-order valence-electron chi connectivity index (χ4n) is 2.13. The van der Waals surface area contributed by atoms with Gasteiger partial charge in [-0.2, -0.15) is 0 Å². The number of nitrogens with zero attached hydrogens (tertiary/aromatic N) is 1. The number of nitrogens with one attached hydrogen (secondary N) is 1. The van der Waals surface area contributed by atoms with Gasteiger partial charge in [-0.1, -0.05) is 18.2 Å². The first-order chi connectivity index (χ1) is 10.0. The molecule has 0 aliphatic heterocycles. The van der Waals surface area contributed by atoms with Gasteiger partial charge in [0.15, 0.2) is 0 Å². The van der Waals surface area contributed by atoms with Crippen molar-refractivity contribution in [1.82, 2.24) is 0 Å². The minimum absolute atomic E-state index is 0.0177. The first-order valence-electron chi connectivity index (χ1n) is 6.64. The summed E-state index contributed by atoms with van der Waals surface area (Å²) in [6, 6.07) is 10.7. The Morgan fingerprint density at radius 3 is 2.67 bits per heavy atom. The molecule has 5 nitrogen and oxygen atoms in total. The summed E-state index contributed by atoms with van der Waals surface area (Å²) in [4.78, 5) is 10.3. The molecule has 0 atom stereocenters. The monoisotopic (exact) mass is 286 g/mol. The highest BCUT2D eigenvalue weighted by Crippen LogP contribution is 2.29. The Balaban J connectivity index is 2.20. The van der Waals surface area contributed by atoms with Crippen LogP contribution < -0.4 is 10.1 Å². The van der Waals surface area contributed by atoms with Gasteiger partial charge >= 0.3 is 0 Å². The summed E-state index contributed by atoms with van der Waals surface area (Å²) in [5.74, 6) is 0.467. The number of anilines is 1. The lowest BCUT2D eigenvalue weighted by molar-refractivity contribution is -0.384. The van der Waals surface area contributed by atoms with Gasteiger partial charge in [0.1, 0.15) is 5.75 Å². The van der Waals surface area contributed by atoms with Gasteiger partial charge in [0, 0.05) is 12.6 Å². The van der Waals surface area contributed by atoms with E-state index in [1.807, 2.05) is 6.07 Å². The Morgan fingerprint density at radius 1 is 1.24 bits per heavy atom. The van der Waals surface area contributed by atoms with Crippen LogP contribution in [0.3, 0.4) is 0 Å². The molecular weight excluding hydrogens is 268 g/mol. The molecule has 21 heavy (non-hydrogen) atoms. The number of non-ortho nitro benzene ring substituents is 1. The van der Waals surface area contributed by atoms with Crippen molar-refractivity contribution in [3.05, 3.63) is 63.2 Å². The van der Waals surface area contributed by atoms with Crippen LogP contribution in [0.15, 0.2) is 36.4 Å². The number of ether oxygens (including phenoxy) is 1. The molecule has 2 rings (SSSR count). The van der Waals surface area contributed by atoms with Crippen LogP contribution >= 0.6 is 0 Å². The largest absolute Gasteiger partial charge is 0.494 e. The minimum atomic E-state index is -0.434. The van der Waals surface area contributed by atoms with Gasteiger partial charge < -0.3 is 10.1 Å². The van der Waals surface area contributed by atoms with Crippen LogP contribution in [0.4, 0.5) is 11.4 Å². The van der Waals surface area contributed by atoms with Gasteiger partial charge in [-0.05, 0) is 36.6 Å². The maximum absolute atomic E-state index is 10.8. The SMILES string of the molecule is COc1cc([N+](=O)[O-])ccc1NCc1cccc(C)c1C. The first-order valence-corrected chi connectivity index (χ1v) is 6.64. The zero-order valence-corrected chi connectivity index (χ0v) is 12.3. The highest BCUT2D eigenvalue weighted by Gasteiger charge is 2.11. The molecule has 0 aromatic heterocycles. The van der Waals surface area contributed by atoms with Crippen LogP contribution in [0, 0.1) is 24.0 Å². The zero-order chi connectivity index (χ0) is 15.4. The molecule has 0 radical (unpaired) electrons.